The molecule has 0 aliphatic heterocycles. The lowest BCUT2D eigenvalue weighted by Crippen LogP contribution is -1.80. The van der Waals surface area contributed by atoms with Crippen LogP contribution in [0.2, 0.25) is 0 Å². The SMILES string of the molecule is C/C=C1\C(C)=Cc2ccccc21. The Hall–Kier alpha value is -1.30. The van der Waals surface area contributed by atoms with Gasteiger partial charge in [-0.15, -0.1) is 0 Å². The summed E-state index contributed by atoms with van der Waals surface area (Å²) in [5.74, 6) is 0. The number of benzene rings is 1. The van der Waals surface area contributed by atoms with E-state index in [2.05, 4.69) is 50.3 Å². The van der Waals surface area contributed by atoms with E-state index in [1.807, 2.05) is 0 Å². The van der Waals surface area contributed by atoms with Crippen molar-refractivity contribution in [1.29, 1.82) is 0 Å². The van der Waals surface area contributed by atoms with Crippen LogP contribution in [0, 0.1) is 0 Å². The van der Waals surface area contributed by atoms with Gasteiger partial charge in [0.15, 0.2) is 0 Å². The first-order valence-electron chi connectivity index (χ1n) is 4.27. The largest absolute Gasteiger partial charge is 0.0795 e. The second-order valence-electron chi connectivity index (χ2n) is 3.12. The van der Waals surface area contributed by atoms with Crippen LogP contribution in [0.1, 0.15) is 25.0 Å². The smallest absolute Gasteiger partial charge is 0.0112 e. The molecular weight excluding hydrogens is 144 g/mol. The molecule has 0 fully saturated rings. The van der Waals surface area contributed by atoms with Crippen LogP contribution < -0.4 is 0 Å². The fourth-order valence-electron chi connectivity index (χ4n) is 1.77. The van der Waals surface area contributed by atoms with Crippen LogP contribution in [0.15, 0.2) is 35.9 Å². The molecule has 0 unspecified atom stereocenters. The second kappa shape index (κ2) is 2.63. The molecule has 1 aliphatic carbocycles. The third-order valence-corrected chi connectivity index (χ3v) is 2.34. The zero-order chi connectivity index (χ0) is 8.55. The van der Waals surface area contributed by atoms with E-state index in [0.717, 1.165) is 0 Å². The summed E-state index contributed by atoms with van der Waals surface area (Å²) >= 11 is 0. The highest BCUT2D eigenvalue weighted by atomic mass is 14.2. The maximum absolute atomic E-state index is 2.24. The maximum atomic E-state index is 2.24. The highest BCUT2D eigenvalue weighted by Gasteiger charge is 2.12. The predicted molar refractivity (Wildman–Crippen MR) is 53.7 cm³/mol. The zero-order valence-corrected chi connectivity index (χ0v) is 7.46. The Balaban J connectivity index is 2.65. The van der Waals surface area contributed by atoms with Gasteiger partial charge in [0.2, 0.25) is 0 Å². The van der Waals surface area contributed by atoms with Crippen molar-refractivity contribution in [2.45, 2.75) is 13.8 Å². The van der Waals surface area contributed by atoms with Crippen LogP contribution in [-0.4, -0.2) is 0 Å². The Morgan fingerprint density at radius 2 is 1.92 bits per heavy atom. The first-order valence-corrected chi connectivity index (χ1v) is 4.27. The summed E-state index contributed by atoms with van der Waals surface area (Å²) in [4.78, 5) is 0. The molecule has 60 valence electrons. The average molecular weight is 156 g/mol. The summed E-state index contributed by atoms with van der Waals surface area (Å²) in [6.45, 7) is 4.25. The summed E-state index contributed by atoms with van der Waals surface area (Å²) < 4.78 is 0. The summed E-state index contributed by atoms with van der Waals surface area (Å²) in [7, 11) is 0. The van der Waals surface area contributed by atoms with Crippen molar-refractivity contribution in [1.82, 2.24) is 0 Å². The minimum absolute atomic E-state index is 1.35. The van der Waals surface area contributed by atoms with Gasteiger partial charge in [-0.2, -0.15) is 0 Å². The van der Waals surface area contributed by atoms with Crippen LogP contribution in [0.5, 0.6) is 0 Å². The monoisotopic (exact) mass is 156 g/mol. The van der Waals surface area contributed by atoms with Crippen LogP contribution >= 0.6 is 0 Å². The summed E-state index contributed by atoms with van der Waals surface area (Å²) in [5, 5.41) is 0. The Morgan fingerprint density at radius 3 is 2.67 bits per heavy atom. The van der Waals surface area contributed by atoms with Gasteiger partial charge >= 0.3 is 0 Å². The maximum Gasteiger partial charge on any atom is -0.0112 e. The van der Waals surface area contributed by atoms with Gasteiger partial charge in [0.1, 0.15) is 0 Å². The minimum Gasteiger partial charge on any atom is -0.0795 e. The molecule has 1 aromatic carbocycles. The molecule has 0 heteroatoms. The predicted octanol–water partition coefficient (Wildman–Crippen LogP) is 3.51. The lowest BCUT2D eigenvalue weighted by atomic mass is 10.0. The summed E-state index contributed by atoms with van der Waals surface area (Å²) in [6, 6.07) is 8.52. The summed E-state index contributed by atoms with van der Waals surface area (Å²) in [5.41, 5.74) is 5.48. The Morgan fingerprint density at radius 1 is 1.17 bits per heavy atom. The normalized spacial score (nSPS) is 17.8. The molecule has 0 atom stereocenters. The molecule has 12 heavy (non-hydrogen) atoms. The molecule has 0 nitrogen and oxygen atoms in total. The van der Waals surface area contributed by atoms with E-state index in [1.54, 1.807) is 0 Å². The fraction of sp³-hybridized carbons (Fsp3) is 0.167. The van der Waals surface area contributed by atoms with Crippen molar-refractivity contribution in [3.05, 3.63) is 47.0 Å². The van der Waals surface area contributed by atoms with Crippen LogP contribution in [-0.2, 0) is 0 Å². The van der Waals surface area contributed by atoms with E-state index in [0.29, 0.717) is 0 Å². The van der Waals surface area contributed by atoms with Crippen molar-refractivity contribution < 1.29 is 0 Å². The van der Waals surface area contributed by atoms with E-state index in [9.17, 15) is 0 Å². The number of rotatable bonds is 0. The highest BCUT2D eigenvalue weighted by molar-refractivity contribution is 5.93. The molecule has 0 saturated heterocycles. The van der Waals surface area contributed by atoms with Gasteiger partial charge in [-0.1, -0.05) is 36.4 Å². The molecule has 0 aromatic heterocycles. The first-order chi connectivity index (χ1) is 5.83. The molecule has 0 heterocycles. The fourth-order valence-corrected chi connectivity index (χ4v) is 1.77. The van der Waals surface area contributed by atoms with E-state index in [-0.39, 0.29) is 0 Å². The molecule has 0 amide bonds. The van der Waals surface area contributed by atoms with Crippen LogP contribution in [0.4, 0.5) is 0 Å². The van der Waals surface area contributed by atoms with Crippen molar-refractivity contribution in [3.8, 4) is 0 Å². The molecule has 0 saturated carbocycles. The molecular formula is C12H12. The second-order valence-corrected chi connectivity index (χ2v) is 3.12. The number of hydrogen-bond donors (Lipinski definition) is 0. The summed E-state index contributed by atoms with van der Waals surface area (Å²) in [6.07, 6.45) is 4.42. The van der Waals surface area contributed by atoms with Crippen molar-refractivity contribution in [2.24, 2.45) is 0 Å². The van der Waals surface area contributed by atoms with Gasteiger partial charge in [-0.25, -0.2) is 0 Å². The number of hydrogen-bond acceptors (Lipinski definition) is 0. The Kier molecular flexibility index (Phi) is 1.61. The van der Waals surface area contributed by atoms with Gasteiger partial charge in [0.05, 0.1) is 0 Å². The Bertz CT molecular complexity index is 367. The van der Waals surface area contributed by atoms with Gasteiger partial charge in [-0.05, 0) is 36.1 Å². The lowest BCUT2D eigenvalue weighted by Gasteiger charge is -2.00. The third kappa shape index (κ3) is 0.918. The molecule has 2 rings (SSSR count). The third-order valence-electron chi connectivity index (χ3n) is 2.34. The van der Waals surface area contributed by atoms with E-state index < -0.39 is 0 Å². The van der Waals surface area contributed by atoms with E-state index in [4.69, 9.17) is 0 Å². The lowest BCUT2D eigenvalue weighted by molar-refractivity contribution is 1.55. The number of allylic oxidation sites excluding steroid dienone is 3. The quantitative estimate of drug-likeness (QED) is 0.539. The topological polar surface area (TPSA) is 0 Å². The minimum atomic E-state index is 1.35. The molecule has 0 N–H and O–H groups in total. The Labute approximate surface area is 73.2 Å². The van der Waals surface area contributed by atoms with Gasteiger partial charge in [0, 0.05) is 0 Å². The van der Waals surface area contributed by atoms with Gasteiger partial charge < -0.3 is 0 Å². The standard InChI is InChI=1S/C12H12/c1-3-11-9(2)8-10-6-4-5-7-12(10)11/h3-8H,1-2H3/b11-3+. The van der Waals surface area contributed by atoms with Gasteiger partial charge in [-0.3, -0.25) is 0 Å². The molecule has 1 aliphatic rings. The number of fused-ring (bicyclic) bond motifs is 1. The van der Waals surface area contributed by atoms with Crippen molar-refractivity contribution >= 4 is 11.6 Å². The molecule has 1 aromatic rings. The zero-order valence-electron chi connectivity index (χ0n) is 7.46. The van der Waals surface area contributed by atoms with E-state index in [1.165, 1.54) is 22.3 Å². The van der Waals surface area contributed by atoms with Crippen molar-refractivity contribution in [3.63, 3.8) is 0 Å². The van der Waals surface area contributed by atoms with Crippen LogP contribution in [0.25, 0.3) is 11.6 Å². The molecule has 0 bridgehead atoms. The van der Waals surface area contributed by atoms with E-state index >= 15 is 0 Å². The van der Waals surface area contributed by atoms with Gasteiger partial charge in [0.25, 0.3) is 0 Å². The molecule has 0 radical (unpaired) electrons. The molecule has 0 spiro atoms. The van der Waals surface area contributed by atoms with Crippen LogP contribution in [0.3, 0.4) is 0 Å². The average Bonchev–Trinajstić information content (AvgIpc) is 2.40. The first kappa shape index (κ1) is 7.35. The highest BCUT2D eigenvalue weighted by Crippen LogP contribution is 2.34. The van der Waals surface area contributed by atoms with Crippen molar-refractivity contribution in [2.75, 3.05) is 0 Å².